The van der Waals surface area contributed by atoms with Gasteiger partial charge in [-0.25, -0.2) is 0 Å². The Bertz CT molecular complexity index is 703. The predicted molar refractivity (Wildman–Crippen MR) is 91.7 cm³/mol. The molecule has 0 bridgehead atoms. The van der Waals surface area contributed by atoms with Crippen molar-refractivity contribution < 1.29 is 14.7 Å². The third-order valence-electron chi connectivity index (χ3n) is 6.40. The Balaban J connectivity index is 1.48. The average Bonchev–Trinajstić information content (AvgIpc) is 3.02. The molecule has 1 aromatic heterocycles. The van der Waals surface area contributed by atoms with Crippen molar-refractivity contribution in [3.8, 4) is 0 Å². The van der Waals surface area contributed by atoms with Gasteiger partial charge in [0.1, 0.15) is 5.41 Å². The van der Waals surface area contributed by atoms with Crippen LogP contribution in [0.4, 0.5) is 0 Å². The number of nitrogens with zero attached hydrogens (tertiary/aromatic N) is 3. The summed E-state index contributed by atoms with van der Waals surface area (Å²) in [7, 11) is 0. The van der Waals surface area contributed by atoms with Crippen molar-refractivity contribution in [1.82, 2.24) is 14.8 Å². The van der Waals surface area contributed by atoms with Crippen LogP contribution in [0.2, 0.25) is 0 Å². The van der Waals surface area contributed by atoms with Crippen LogP contribution in [0.15, 0.2) is 18.5 Å². The number of hydrogen-bond acceptors (Lipinski definition) is 4. The fourth-order valence-corrected chi connectivity index (χ4v) is 4.59. The molecule has 0 aromatic carbocycles. The summed E-state index contributed by atoms with van der Waals surface area (Å²) < 4.78 is 0. The molecule has 0 spiro atoms. The molecule has 4 rings (SSSR count). The van der Waals surface area contributed by atoms with Crippen LogP contribution in [-0.4, -0.2) is 57.9 Å². The molecular weight excluding hydrogens is 318 g/mol. The molecular formula is C19H25N3O3. The van der Waals surface area contributed by atoms with Crippen LogP contribution in [0.5, 0.6) is 0 Å². The van der Waals surface area contributed by atoms with Crippen LogP contribution >= 0.6 is 0 Å². The number of fused-ring (bicyclic) bond motifs is 1. The second-order valence-electron chi connectivity index (χ2n) is 7.98. The van der Waals surface area contributed by atoms with Gasteiger partial charge in [0, 0.05) is 57.0 Å². The van der Waals surface area contributed by atoms with E-state index in [0.717, 1.165) is 37.9 Å². The predicted octanol–water partition coefficient (Wildman–Crippen LogP) is 1.54. The molecule has 1 N–H and O–H groups in total. The van der Waals surface area contributed by atoms with Crippen LogP contribution in [0.25, 0.3) is 0 Å². The topological polar surface area (TPSA) is 73.7 Å². The zero-order valence-corrected chi connectivity index (χ0v) is 14.6. The first-order valence-corrected chi connectivity index (χ1v) is 9.13. The van der Waals surface area contributed by atoms with E-state index in [1.165, 1.54) is 5.56 Å². The van der Waals surface area contributed by atoms with Gasteiger partial charge in [0.15, 0.2) is 0 Å². The maximum Gasteiger partial charge on any atom is 0.313 e. The van der Waals surface area contributed by atoms with E-state index in [4.69, 9.17) is 0 Å². The lowest BCUT2D eigenvalue weighted by Crippen LogP contribution is -2.44. The van der Waals surface area contributed by atoms with Crippen molar-refractivity contribution in [1.29, 1.82) is 0 Å². The van der Waals surface area contributed by atoms with E-state index in [0.29, 0.717) is 19.6 Å². The van der Waals surface area contributed by atoms with E-state index in [2.05, 4.69) is 9.88 Å². The van der Waals surface area contributed by atoms with Gasteiger partial charge in [-0.3, -0.25) is 19.5 Å². The molecule has 3 fully saturated rings. The number of carbonyl (C=O) groups is 2. The molecule has 0 unspecified atom stereocenters. The Morgan fingerprint density at radius 1 is 1.32 bits per heavy atom. The zero-order chi connectivity index (χ0) is 17.6. The number of hydrogen-bond donors (Lipinski definition) is 1. The second kappa shape index (κ2) is 6.09. The molecule has 1 aliphatic carbocycles. The number of amides is 1. The van der Waals surface area contributed by atoms with Gasteiger partial charge in [0.05, 0.1) is 0 Å². The first kappa shape index (κ1) is 16.5. The molecule has 1 saturated carbocycles. The quantitative estimate of drug-likeness (QED) is 0.898. The Morgan fingerprint density at radius 3 is 2.72 bits per heavy atom. The lowest BCUT2D eigenvalue weighted by Gasteiger charge is -2.31. The Hall–Kier alpha value is -1.95. The first-order chi connectivity index (χ1) is 12.0. The Labute approximate surface area is 147 Å². The summed E-state index contributed by atoms with van der Waals surface area (Å²) in [6, 6.07) is 2.00. The summed E-state index contributed by atoms with van der Waals surface area (Å²) in [6.07, 6.45) is 6.68. The summed E-state index contributed by atoms with van der Waals surface area (Å²) >= 11 is 0. The van der Waals surface area contributed by atoms with Crippen LogP contribution in [-0.2, 0) is 16.1 Å². The van der Waals surface area contributed by atoms with Crippen molar-refractivity contribution in [2.75, 3.05) is 26.2 Å². The van der Waals surface area contributed by atoms with E-state index in [1.54, 1.807) is 6.20 Å². The van der Waals surface area contributed by atoms with E-state index in [-0.39, 0.29) is 17.7 Å². The van der Waals surface area contributed by atoms with E-state index in [1.807, 2.05) is 24.1 Å². The summed E-state index contributed by atoms with van der Waals surface area (Å²) in [5.74, 6) is -0.412. The van der Waals surface area contributed by atoms with Crippen molar-refractivity contribution >= 4 is 11.9 Å². The van der Waals surface area contributed by atoms with Gasteiger partial charge in [-0.2, -0.15) is 0 Å². The number of aliphatic carboxylic acids is 1. The maximum atomic E-state index is 12.6. The molecule has 6 heteroatoms. The van der Waals surface area contributed by atoms with Crippen LogP contribution in [0, 0.1) is 24.2 Å². The van der Waals surface area contributed by atoms with Crippen molar-refractivity contribution in [3.63, 3.8) is 0 Å². The molecule has 25 heavy (non-hydrogen) atoms. The number of carboxylic acid groups (broad SMARTS) is 1. The molecule has 3 heterocycles. The number of aryl methyl sites for hydroxylation is 1. The molecule has 1 amide bonds. The van der Waals surface area contributed by atoms with Crippen molar-refractivity contribution in [3.05, 3.63) is 29.6 Å². The second-order valence-corrected chi connectivity index (χ2v) is 7.98. The fraction of sp³-hybridized carbons (Fsp3) is 0.632. The highest BCUT2D eigenvalue weighted by atomic mass is 16.4. The van der Waals surface area contributed by atoms with Crippen LogP contribution < -0.4 is 0 Å². The Morgan fingerprint density at radius 2 is 2.12 bits per heavy atom. The molecule has 0 radical (unpaired) electrons. The molecule has 1 aromatic rings. The molecule has 3 aliphatic rings. The summed E-state index contributed by atoms with van der Waals surface area (Å²) in [4.78, 5) is 32.9. The van der Waals surface area contributed by atoms with Crippen LogP contribution in [0.3, 0.4) is 0 Å². The highest BCUT2D eigenvalue weighted by Gasteiger charge is 2.58. The first-order valence-electron chi connectivity index (χ1n) is 9.13. The maximum absolute atomic E-state index is 12.6. The number of rotatable bonds is 4. The van der Waals surface area contributed by atoms with Crippen molar-refractivity contribution in [2.24, 2.45) is 17.3 Å². The molecule has 2 aliphatic heterocycles. The molecule has 6 nitrogen and oxygen atoms in total. The monoisotopic (exact) mass is 343 g/mol. The lowest BCUT2D eigenvalue weighted by atomic mass is 9.81. The smallest absolute Gasteiger partial charge is 0.313 e. The standard InChI is InChI=1S/C19H25N3O3/c1-13-7-20-6-5-15(13)8-21-9-16-10-22(17(23)14-3-2-4-14)12-19(16,11-21)18(24)25/h5-7,14,16H,2-4,8-12H2,1H3,(H,24,25)/t16-,19-/m0/s1. The highest BCUT2D eigenvalue weighted by Crippen LogP contribution is 2.44. The van der Waals surface area contributed by atoms with Crippen molar-refractivity contribution in [2.45, 2.75) is 32.7 Å². The minimum Gasteiger partial charge on any atom is -0.481 e. The largest absolute Gasteiger partial charge is 0.481 e. The number of carboxylic acids is 1. The molecule has 2 atom stereocenters. The lowest BCUT2D eigenvalue weighted by molar-refractivity contribution is -0.149. The van der Waals surface area contributed by atoms with E-state index in [9.17, 15) is 14.7 Å². The van der Waals surface area contributed by atoms with E-state index >= 15 is 0 Å². The van der Waals surface area contributed by atoms with Gasteiger partial charge in [0.2, 0.25) is 5.91 Å². The van der Waals surface area contributed by atoms with Gasteiger partial charge in [-0.05, 0) is 37.0 Å². The Kier molecular flexibility index (Phi) is 4.02. The number of pyridine rings is 1. The molecule has 134 valence electrons. The van der Waals surface area contributed by atoms with Gasteiger partial charge in [0.25, 0.3) is 0 Å². The zero-order valence-electron chi connectivity index (χ0n) is 14.6. The minimum atomic E-state index is -0.805. The molecule has 2 saturated heterocycles. The van der Waals surface area contributed by atoms with E-state index < -0.39 is 11.4 Å². The third kappa shape index (κ3) is 2.72. The van der Waals surface area contributed by atoms with Crippen LogP contribution in [0.1, 0.15) is 30.4 Å². The number of likely N-dealkylation sites (tertiary alicyclic amines) is 2. The van der Waals surface area contributed by atoms with Gasteiger partial charge in [-0.1, -0.05) is 6.42 Å². The number of aromatic nitrogens is 1. The SMILES string of the molecule is Cc1cnccc1CN1C[C@H]2CN(C(=O)C3CCC3)C[C@@]2(C(=O)O)C1. The van der Waals surface area contributed by atoms with Gasteiger partial charge in [-0.15, -0.1) is 0 Å². The normalized spacial score (nSPS) is 29.5. The summed E-state index contributed by atoms with van der Waals surface area (Å²) in [6.45, 7) is 5.00. The highest BCUT2D eigenvalue weighted by molar-refractivity contribution is 5.83. The average molecular weight is 343 g/mol. The fourth-order valence-electron chi connectivity index (χ4n) is 4.59. The summed E-state index contributed by atoms with van der Waals surface area (Å²) in [5.41, 5.74) is 1.52. The summed E-state index contributed by atoms with van der Waals surface area (Å²) in [5, 5.41) is 9.95. The van der Waals surface area contributed by atoms with Gasteiger partial charge < -0.3 is 10.0 Å². The van der Waals surface area contributed by atoms with Gasteiger partial charge >= 0.3 is 5.97 Å². The number of carbonyl (C=O) groups excluding carboxylic acids is 1. The minimum absolute atomic E-state index is 0.0242. The third-order valence-corrected chi connectivity index (χ3v) is 6.40.